The van der Waals surface area contributed by atoms with E-state index >= 15 is 0 Å². The van der Waals surface area contributed by atoms with Crippen LogP contribution in [-0.2, 0) is 10.0 Å². The highest BCUT2D eigenvalue weighted by atomic mass is 79.9. The quantitative estimate of drug-likeness (QED) is 0.635. The Balaban J connectivity index is 1.83. The number of nitrogens with one attached hydrogen (secondary N) is 2. The second-order valence-electron chi connectivity index (χ2n) is 6.83. The fraction of sp³-hybridized carbons (Fsp3) is 0.250. The van der Waals surface area contributed by atoms with Crippen LogP contribution in [0.15, 0.2) is 51.9 Å². The van der Waals surface area contributed by atoms with Crippen molar-refractivity contribution in [1.82, 2.24) is 5.32 Å². The average molecular weight is 507 g/mol. The first-order valence-electron chi connectivity index (χ1n) is 9.03. The molecule has 1 heterocycles. The first-order chi connectivity index (χ1) is 14.2. The first-order valence-corrected chi connectivity index (χ1v) is 12.4. The molecule has 0 saturated heterocycles. The number of halogens is 1. The number of carbonyl (C=O) groups excluding carboxylic acids is 1. The predicted molar refractivity (Wildman–Crippen MR) is 123 cm³/mol. The molecule has 0 spiro atoms. The smallest absolute Gasteiger partial charge is 0.259 e. The summed E-state index contributed by atoms with van der Waals surface area (Å²) in [5.41, 5.74) is 1.47. The van der Waals surface area contributed by atoms with Gasteiger partial charge in [0, 0.05) is 10.2 Å². The maximum absolute atomic E-state index is 12.9. The number of carbonyl (C=O) groups is 1. The van der Waals surface area contributed by atoms with Crippen molar-refractivity contribution in [2.24, 2.45) is 4.99 Å². The lowest BCUT2D eigenvalue weighted by Gasteiger charge is -2.14. The molecule has 1 unspecified atom stereocenters. The van der Waals surface area contributed by atoms with Crippen LogP contribution in [0.5, 0.6) is 0 Å². The highest BCUT2D eigenvalue weighted by Crippen LogP contribution is 2.30. The monoisotopic (exact) mass is 506 g/mol. The summed E-state index contributed by atoms with van der Waals surface area (Å²) in [5.74, 6) is 0.152. The Bertz CT molecular complexity index is 1140. The summed E-state index contributed by atoms with van der Waals surface area (Å²) in [7, 11) is -3.65. The van der Waals surface area contributed by atoms with Crippen LogP contribution in [0.25, 0.3) is 0 Å². The zero-order valence-electron chi connectivity index (χ0n) is 16.2. The maximum atomic E-state index is 12.9. The van der Waals surface area contributed by atoms with Gasteiger partial charge in [-0.05, 0) is 49.7 Å². The molecule has 2 N–H and O–H groups in total. The molecule has 10 heteroatoms. The van der Waals surface area contributed by atoms with E-state index in [2.05, 4.69) is 31.0 Å². The summed E-state index contributed by atoms with van der Waals surface area (Å²) in [6, 6.07) is 13.9. The van der Waals surface area contributed by atoms with E-state index in [-0.39, 0.29) is 22.9 Å². The van der Waals surface area contributed by atoms with Gasteiger partial charge < -0.3 is 5.32 Å². The number of thioether (sulfide) groups is 1. The van der Waals surface area contributed by atoms with Gasteiger partial charge in [0.1, 0.15) is 0 Å². The van der Waals surface area contributed by atoms with E-state index in [4.69, 9.17) is 5.26 Å². The fourth-order valence-corrected chi connectivity index (χ4v) is 4.56. The molecule has 1 aliphatic rings. The largest absolute Gasteiger partial charge is 0.301 e. The van der Waals surface area contributed by atoms with Gasteiger partial charge in [-0.25, -0.2) is 8.42 Å². The zero-order valence-corrected chi connectivity index (χ0v) is 19.4. The maximum Gasteiger partial charge on any atom is 0.259 e. The third kappa shape index (κ3) is 5.22. The number of hydrogen-bond donors (Lipinski definition) is 2. The van der Waals surface area contributed by atoms with Crippen LogP contribution >= 0.6 is 27.7 Å². The molecule has 156 valence electrons. The van der Waals surface area contributed by atoms with Gasteiger partial charge in [-0.2, -0.15) is 5.26 Å². The zero-order chi connectivity index (χ0) is 21.9. The van der Waals surface area contributed by atoms with E-state index in [1.807, 2.05) is 30.3 Å². The number of nitrogens with zero attached hydrogens (tertiary/aromatic N) is 2. The fourth-order valence-electron chi connectivity index (χ4n) is 2.62. The molecule has 0 fully saturated rings. The van der Waals surface area contributed by atoms with Crippen LogP contribution in [0.2, 0.25) is 0 Å². The van der Waals surface area contributed by atoms with Crippen LogP contribution in [0.1, 0.15) is 41.4 Å². The number of sulfonamides is 1. The van der Waals surface area contributed by atoms with Gasteiger partial charge in [-0.3, -0.25) is 14.5 Å². The molecule has 1 atom stereocenters. The second-order valence-corrected chi connectivity index (χ2v) is 11.0. The molecule has 0 aliphatic carbocycles. The number of nitriles is 1. The van der Waals surface area contributed by atoms with Crippen molar-refractivity contribution >= 4 is 54.5 Å². The molecule has 2 aromatic carbocycles. The molecule has 0 bridgehead atoms. The number of hydrogen-bond acceptors (Lipinski definition) is 6. The number of rotatable bonds is 5. The van der Waals surface area contributed by atoms with Crippen LogP contribution in [-0.4, -0.2) is 30.5 Å². The summed E-state index contributed by atoms with van der Waals surface area (Å²) in [6.45, 7) is 3.08. The Kier molecular flexibility index (Phi) is 6.85. The Hall–Kier alpha value is -2.35. The van der Waals surface area contributed by atoms with Gasteiger partial charge in [0.25, 0.3) is 5.91 Å². The van der Waals surface area contributed by atoms with E-state index in [0.29, 0.717) is 10.9 Å². The molecule has 2 aromatic rings. The molecular formula is C20H19BrN4O3S2. The van der Waals surface area contributed by atoms with Crippen molar-refractivity contribution in [3.63, 3.8) is 0 Å². The van der Waals surface area contributed by atoms with Crippen LogP contribution in [0, 0.1) is 11.3 Å². The SMILES string of the molecule is CC(C)S(=O)(=O)Nc1ccc(C#N)cc1C(=O)NC1=NC(c2ccc(Br)cc2)CS1. The lowest BCUT2D eigenvalue weighted by atomic mass is 10.1. The van der Waals surface area contributed by atoms with Crippen molar-refractivity contribution in [1.29, 1.82) is 5.26 Å². The van der Waals surface area contributed by atoms with Gasteiger partial charge in [-0.1, -0.05) is 39.8 Å². The molecule has 0 saturated carbocycles. The molecule has 30 heavy (non-hydrogen) atoms. The lowest BCUT2D eigenvalue weighted by molar-refractivity contribution is 0.0978. The molecule has 1 amide bonds. The van der Waals surface area contributed by atoms with Crippen molar-refractivity contribution in [2.45, 2.75) is 25.1 Å². The van der Waals surface area contributed by atoms with E-state index in [0.717, 1.165) is 10.0 Å². The van der Waals surface area contributed by atoms with E-state index in [1.165, 1.54) is 43.8 Å². The summed E-state index contributed by atoms with van der Waals surface area (Å²) in [4.78, 5) is 17.4. The molecule has 0 aromatic heterocycles. The van der Waals surface area contributed by atoms with Crippen molar-refractivity contribution in [3.05, 3.63) is 63.6 Å². The van der Waals surface area contributed by atoms with E-state index in [1.54, 1.807) is 0 Å². The molecule has 7 nitrogen and oxygen atoms in total. The van der Waals surface area contributed by atoms with Crippen LogP contribution in [0.4, 0.5) is 5.69 Å². The number of benzene rings is 2. The molecule has 0 radical (unpaired) electrons. The van der Waals surface area contributed by atoms with Crippen molar-refractivity contribution in [3.8, 4) is 6.07 Å². The average Bonchev–Trinajstić information content (AvgIpc) is 3.16. The lowest BCUT2D eigenvalue weighted by Crippen LogP contribution is -2.30. The summed E-state index contributed by atoms with van der Waals surface area (Å²) in [5, 5.41) is 11.7. The van der Waals surface area contributed by atoms with Gasteiger partial charge in [-0.15, -0.1) is 0 Å². The van der Waals surface area contributed by atoms with E-state index in [9.17, 15) is 13.2 Å². The Labute approximate surface area is 188 Å². The topological polar surface area (TPSA) is 111 Å². The normalized spacial score (nSPS) is 16.1. The second kappa shape index (κ2) is 9.20. The molecule has 1 aliphatic heterocycles. The number of amides is 1. The highest BCUT2D eigenvalue weighted by molar-refractivity contribution is 9.10. The van der Waals surface area contributed by atoms with E-state index < -0.39 is 21.2 Å². The van der Waals surface area contributed by atoms with Gasteiger partial charge in [0.15, 0.2) is 5.17 Å². The molecule has 3 rings (SSSR count). The van der Waals surface area contributed by atoms with Crippen molar-refractivity contribution < 1.29 is 13.2 Å². The van der Waals surface area contributed by atoms with Gasteiger partial charge >= 0.3 is 0 Å². The highest BCUT2D eigenvalue weighted by Gasteiger charge is 2.24. The third-order valence-corrected chi connectivity index (χ3v) is 7.63. The van der Waals surface area contributed by atoms with Crippen LogP contribution < -0.4 is 10.0 Å². The standard InChI is InChI=1S/C20H19BrN4O3S2/c1-12(2)30(27,28)25-17-8-3-13(10-22)9-16(17)19(26)24-20-23-18(11-29-20)14-4-6-15(21)7-5-14/h3-9,12,18,25H,11H2,1-2H3,(H,23,24,26). The van der Waals surface area contributed by atoms with Crippen LogP contribution in [0.3, 0.4) is 0 Å². The minimum Gasteiger partial charge on any atom is -0.301 e. The summed E-state index contributed by atoms with van der Waals surface area (Å²) < 4.78 is 27.9. The first kappa shape index (κ1) is 22.3. The Morgan fingerprint density at radius 2 is 1.97 bits per heavy atom. The predicted octanol–water partition coefficient (Wildman–Crippen LogP) is 4.04. The Morgan fingerprint density at radius 1 is 1.27 bits per heavy atom. The van der Waals surface area contributed by atoms with Crippen molar-refractivity contribution in [2.75, 3.05) is 10.5 Å². The van der Waals surface area contributed by atoms with Gasteiger partial charge in [0.05, 0.1) is 34.2 Å². The third-order valence-electron chi connectivity index (χ3n) is 4.39. The number of anilines is 1. The summed E-state index contributed by atoms with van der Waals surface area (Å²) >= 11 is 4.81. The van der Waals surface area contributed by atoms with Gasteiger partial charge in [0.2, 0.25) is 10.0 Å². The Morgan fingerprint density at radius 3 is 2.60 bits per heavy atom. The minimum absolute atomic E-state index is 0.0636. The minimum atomic E-state index is -3.65. The molecular weight excluding hydrogens is 488 g/mol. The number of amidine groups is 1. The summed E-state index contributed by atoms with van der Waals surface area (Å²) in [6.07, 6.45) is 0. The number of aliphatic imine (C=N–C) groups is 1.